The molecule has 3 rings (SSSR count). The summed E-state index contributed by atoms with van der Waals surface area (Å²) in [6, 6.07) is 10.4. The van der Waals surface area contributed by atoms with E-state index in [2.05, 4.69) is 10.1 Å². The zero-order chi connectivity index (χ0) is 14.3. The average Bonchev–Trinajstić information content (AvgIpc) is 2.77. The van der Waals surface area contributed by atoms with Crippen molar-refractivity contribution >= 4 is 21.4 Å². The molecule has 0 aliphatic heterocycles. The van der Waals surface area contributed by atoms with Gasteiger partial charge in [-0.15, -0.1) is 5.10 Å². The van der Waals surface area contributed by atoms with Gasteiger partial charge in [0.05, 0.1) is 4.90 Å². The van der Waals surface area contributed by atoms with Gasteiger partial charge in [-0.05, 0) is 35.4 Å². The Labute approximate surface area is 115 Å². The maximum atomic E-state index is 11.6. The molecule has 0 spiro atoms. The third-order valence-electron chi connectivity index (χ3n) is 2.95. The number of aromatic nitrogens is 3. The molecular weight excluding hydrogens is 276 g/mol. The first kappa shape index (κ1) is 12.6. The number of fused-ring (bicyclic) bond motifs is 1. The molecule has 6 nitrogen and oxygen atoms in total. The number of hydrogen-bond acceptors (Lipinski definition) is 5. The first-order chi connectivity index (χ1) is 9.43. The van der Waals surface area contributed by atoms with Gasteiger partial charge < -0.3 is 5.73 Å². The summed E-state index contributed by atoms with van der Waals surface area (Å²) in [4.78, 5) is 4.37. The number of sulfone groups is 1. The highest BCUT2D eigenvalue weighted by atomic mass is 32.2. The maximum Gasteiger partial charge on any atom is 0.240 e. The summed E-state index contributed by atoms with van der Waals surface area (Å²) in [6.07, 6.45) is 2.93. The lowest BCUT2D eigenvalue weighted by molar-refractivity contribution is 0.602. The van der Waals surface area contributed by atoms with E-state index in [1.54, 1.807) is 28.9 Å². The van der Waals surface area contributed by atoms with Crippen LogP contribution in [0.15, 0.2) is 47.5 Å². The molecule has 0 unspecified atom stereocenters. The van der Waals surface area contributed by atoms with Crippen LogP contribution in [-0.4, -0.2) is 29.3 Å². The molecule has 20 heavy (non-hydrogen) atoms. The lowest BCUT2D eigenvalue weighted by atomic mass is 10.1. The van der Waals surface area contributed by atoms with E-state index in [4.69, 9.17) is 5.73 Å². The summed E-state index contributed by atoms with van der Waals surface area (Å²) < 4.78 is 24.7. The Kier molecular flexibility index (Phi) is 2.72. The van der Waals surface area contributed by atoms with Gasteiger partial charge in [-0.25, -0.2) is 12.9 Å². The Morgan fingerprint density at radius 1 is 1.15 bits per heavy atom. The molecule has 0 aliphatic carbocycles. The van der Waals surface area contributed by atoms with Crippen molar-refractivity contribution in [2.24, 2.45) is 0 Å². The van der Waals surface area contributed by atoms with Gasteiger partial charge in [-0.3, -0.25) is 0 Å². The van der Waals surface area contributed by atoms with Crippen LogP contribution >= 0.6 is 0 Å². The van der Waals surface area contributed by atoms with Crippen LogP contribution in [-0.2, 0) is 9.84 Å². The lowest BCUT2D eigenvalue weighted by Gasteiger charge is -2.04. The van der Waals surface area contributed by atoms with Crippen LogP contribution < -0.4 is 5.73 Å². The van der Waals surface area contributed by atoms with E-state index in [1.807, 2.05) is 18.2 Å². The van der Waals surface area contributed by atoms with Crippen molar-refractivity contribution in [2.45, 2.75) is 4.90 Å². The van der Waals surface area contributed by atoms with E-state index in [9.17, 15) is 8.42 Å². The fourth-order valence-electron chi connectivity index (χ4n) is 1.98. The van der Waals surface area contributed by atoms with Gasteiger partial charge >= 0.3 is 0 Å². The molecule has 2 aromatic heterocycles. The predicted molar refractivity (Wildman–Crippen MR) is 75.9 cm³/mol. The zero-order valence-electron chi connectivity index (χ0n) is 10.7. The highest BCUT2D eigenvalue weighted by molar-refractivity contribution is 7.90. The SMILES string of the molecule is CS(=O)(=O)c1cccc(-c2ccn3nc(N)nc3c2)c1. The number of pyridine rings is 1. The van der Waals surface area contributed by atoms with E-state index in [1.165, 1.54) is 6.26 Å². The van der Waals surface area contributed by atoms with Crippen LogP contribution in [0.2, 0.25) is 0 Å². The number of anilines is 1. The largest absolute Gasteiger partial charge is 0.366 e. The van der Waals surface area contributed by atoms with Crippen molar-refractivity contribution in [3.63, 3.8) is 0 Å². The zero-order valence-corrected chi connectivity index (χ0v) is 11.5. The van der Waals surface area contributed by atoms with E-state index in [-0.39, 0.29) is 10.8 Å². The number of rotatable bonds is 2. The molecule has 0 fully saturated rings. The molecule has 0 radical (unpaired) electrons. The van der Waals surface area contributed by atoms with Gasteiger partial charge in [0.2, 0.25) is 5.95 Å². The molecule has 0 saturated carbocycles. The standard InChI is InChI=1S/C13H12N4O2S/c1-20(18,19)11-4-2-3-9(7-11)10-5-6-17-12(8-10)15-13(14)16-17/h2-8H,1H3,(H2,14,16). The molecule has 2 heterocycles. The van der Waals surface area contributed by atoms with Crippen molar-refractivity contribution in [1.82, 2.24) is 14.6 Å². The molecule has 102 valence electrons. The second kappa shape index (κ2) is 4.31. The molecule has 2 N–H and O–H groups in total. The van der Waals surface area contributed by atoms with Gasteiger partial charge in [-0.1, -0.05) is 12.1 Å². The summed E-state index contributed by atoms with van der Waals surface area (Å²) in [7, 11) is -3.22. The van der Waals surface area contributed by atoms with Crippen LogP contribution in [0.3, 0.4) is 0 Å². The Bertz CT molecular complexity index is 900. The molecule has 0 bridgehead atoms. The summed E-state index contributed by atoms with van der Waals surface area (Å²) in [5.41, 5.74) is 7.81. The number of benzene rings is 1. The van der Waals surface area contributed by atoms with E-state index < -0.39 is 9.84 Å². The van der Waals surface area contributed by atoms with Gasteiger partial charge in [0, 0.05) is 12.5 Å². The summed E-state index contributed by atoms with van der Waals surface area (Å²) in [5.74, 6) is 0.201. The molecule has 0 aliphatic rings. The highest BCUT2D eigenvalue weighted by Gasteiger charge is 2.09. The average molecular weight is 288 g/mol. The van der Waals surface area contributed by atoms with E-state index in [0.717, 1.165) is 11.1 Å². The monoisotopic (exact) mass is 288 g/mol. The Balaban J connectivity index is 2.15. The number of hydrogen-bond donors (Lipinski definition) is 1. The predicted octanol–water partition coefficient (Wildman–Crippen LogP) is 1.38. The van der Waals surface area contributed by atoms with Crippen LogP contribution in [0.1, 0.15) is 0 Å². The Hall–Kier alpha value is -2.41. The summed E-state index contributed by atoms with van der Waals surface area (Å²) in [5, 5.41) is 3.99. The first-order valence-electron chi connectivity index (χ1n) is 5.86. The normalized spacial score (nSPS) is 11.8. The van der Waals surface area contributed by atoms with Gasteiger partial charge in [0.1, 0.15) is 0 Å². The van der Waals surface area contributed by atoms with Crippen molar-refractivity contribution in [2.75, 3.05) is 12.0 Å². The summed E-state index contributed by atoms with van der Waals surface area (Å²) in [6.45, 7) is 0. The first-order valence-corrected chi connectivity index (χ1v) is 7.75. The minimum absolute atomic E-state index is 0.201. The van der Waals surface area contributed by atoms with Crippen molar-refractivity contribution < 1.29 is 8.42 Å². The van der Waals surface area contributed by atoms with Crippen molar-refractivity contribution in [1.29, 1.82) is 0 Å². The quantitative estimate of drug-likeness (QED) is 0.769. The Morgan fingerprint density at radius 2 is 1.90 bits per heavy atom. The minimum atomic E-state index is -3.22. The second-order valence-corrected chi connectivity index (χ2v) is 6.50. The van der Waals surface area contributed by atoms with E-state index in [0.29, 0.717) is 5.65 Å². The third-order valence-corrected chi connectivity index (χ3v) is 4.06. The molecule has 0 amide bonds. The van der Waals surface area contributed by atoms with Crippen LogP contribution in [0, 0.1) is 0 Å². The topological polar surface area (TPSA) is 90.3 Å². The van der Waals surface area contributed by atoms with Crippen molar-refractivity contribution in [3.05, 3.63) is 42.6 Å². The van der Waals surface area contributed by atoms with Gasteiger partial charge in [-0.2, -0.15) is 4.98 Å². The van der Waals surface area contributed by atoms with Crippen LogP contribution in [0.4, 0.5) is 5.95 Å². The maximum absolute atomic E-state index is 11.6. The third kappa shape index (κ3) is 2.23. The van der Waals surface area contributed by atoms with Crippen LogP contribution in [0.25, 0.3) is 16.8 Å². The second-order valence-electron chi connectivity index (χ2n) is 4.49. The Morgan fingerprint density at radius 3 is 2.65 bits per heavy atom. The molecule has 0 saturated heterocycles. The molecule has 1 aromatic carbocycles. The fourth-order valence-corrected chi connectivity index (χ4v) is 2.65. The fraction of sp³-hybridized carbons (Fsp3) is 0.0769. The van der Waals surface area contributed by atoms with Gasteiger partial charge in [0.15, 0.2) is 15.5 Å². The highest BCUT2D eigenvalue weighted by Crippen LogP contribution is 2.23. The molecule has 0 atom stereocenters. The minimum Gasteiger partial charge on any atom is -0.366 e. The smallest absolute Gasteiger partial charge is 0.240 e. The number of nitrogens with two attached hydrogens (primary N) is 1. The molecule has 7 heteroatoms. The van der Waals surface area contributed by atoms with Gasteiger partial charge in [0.25, 0.3) is 0 Å². The molecule has 3 aromatic rings. The summed E-state index contributed by atoms with van der Waals surface area (Å²) >= 11 is 0. The number of nitrogen functional groups attached to an aromatic ring is 1. The molecular formula is C13H12N4O2S. The van der Waals surface area contributed by atoms with E-state index >= 15 is 0 Å². The van der Waals surface area contributed by atoms with Crippen molar-refractivity contribution in [3.8, 4) is 11.1 Å². The van der Waals surface area contributed by atoms with Crippen LogP contribution in [0.5, 0.6) is 0 Å². The number of nitrogens with zero attached hydrogens (tertiary/aromatic N) is 3. The lowest BCUT2D eigenvalue weighted by Crippen LogP contribution is -1.97.